The maximum absolute atomic E-state index is 14.8. The summed E-state index contributed by atoms with van der Waals surface area (Å²) in [6.07, 6.45) is 0.404. The van der Waals surface area contributed by atoms with Crippen molar-refractivity contribution >= 4 is 28.7 Å². The molecule has 1 heterocycles. The second kappa shape index (κ2) is 8.06. The molecule has 0 saturated carbocycles. The Morgan fingerprint density at radius 1 is 0.677 bits per heavy atom. The monoisotopic (exact) mass is 422 g/mol. The topological polar surface area (TPSA) is 30.2 Å². The summed E-state index contributed by atoms with van der Waals surface area (Å²) < 4.78 is 21.1. The van der Waals surface area contributed by atoms with Crippen molar-refractivity contribution in [3.8, 4) is 11.3 Å². The van der Waals surface area contributed by atoms with Gasteiger partial charge in [0.15, 0.2) is 0 Å². The van der Waals surface area contributed by atoms with E-state index >= 15 is 0 Å². The number of benzene rings is 4. The van der Waals surface area contributed by atoms with E-state index < -0.39 is 7.14 Å². The molecule has 152 valence electrons. The predicted molar refractivity (Wildman–Crippen MR) is 130 cm³/mol. The van der Waals surface area contributed by atoms with Gasteiger partial charge in [-0.15, -0.1) is 0 Å². The minimum Gasteiger partial charge on any atom is -0.456 e. The van der Waals surface area contributed by atoms with E-state index in [1.165, 1.54) is 0 Å². The normalized spacial score (nSPS) is 11.6. The lowest BCUT2D eigenvalue weighted by molar-refractivity contribution is 0.585. The maximum Gasteiger partial charge on any atom is 0.147 e. The molecule has 1 aromatic heterocycles. The lowest BCUT2D eigenvalue weighted by Crippen LogP contribution is -2.17. The van der Waals surface area contributed by atoms with Gasteiger partial charge in [0.25, 0.3) is 0 Å². The number of para-hydroxylation sites is 1. The Balaban J connectivity index is 1.76. The van der Waals surface area contributed by atoms with Gasteiger partial charge < -0.3 is 8.98 Å². The summed E-state index contributed by atoms with van der Waals surface area (Å²) in [5, 5.41) is 2.75. The third-order valence-electron chi connectivity index (χ3n) is 5.82. The van der Waals surface area contributed by atoms with E-state index in [1.807, 2.05) is 91.0 Å². The van der Waals surface area contributed by atoms with Crippen molar-refractivity contribution in [3.05, 3.63) is 120 Å². The van der Waals surface area contributed by atoms with E-state index in [0.717, 1.165) is 44.0 Å². The molecule has 0 radical (unpaired) electrons. The molecule has 0 fully saturated rings. The van der Waals surface area contributed by atoms with Crippen LogP contribution < -0.4 is 10.6 Å². The summed E-state index contributed by atoms with van der Waals surface area (Å²) >= 11 is 0. The van der Waals surface area contributed by atoms with Crippen LogP contribution in [0.2, 0.25) is 0 Å². The number of furan rings is 1. The second-order valence-electron chi connectivity index (χ2n) is 7.79. The molecule has 0 spiro atoms. The van der Waals surface area contributed by atoms with Crippen LogP contribution in [0.1, 0.15) is 11.1 Å². The molecule has 31 heavy (non-hydrogen) atoms. The lowest BCUT2D eigenvalue weighted by Gasteiger charge is -2.20. The predicted octanol–water partition coefficient (Wildman–Crippen LogP) is 6.92. The molecule has 0 bridgehead atoms. The van der Waals surface area contributed by atoms with E-state index in [2.05, 4.69) is 25.1 Å². The first kappa shape index (κ1) is 19.6. The number of rotatable bonds is 5. The second-order valence-corrected chi connectivity index (χ2v) is 10.6. The smallest absolute Gasteiger partial charge is 0.147 e. The van der Waals surface area contributed by atoms with Gasteiger partial charge in [-0.05, 0) is 18.6 Å². The van der Waals surface area contributed by atoms with Gasteiger partial charge in [-0.3, -0.25) is 0 Å². The molecular weight excluding hydrogens is 399 g/mol. The highest BCUT2D eigenvalue weighted by Crippen LogP contribution is 2.50. The number of aryl methyl sites for hydroxylation is 1. The third kappa shape index (κ3) is 3.54. The number of fused-ring (bicyclic) bond motifs is 1. The third-order valence-corrected chi connectivity index (χ3v) is 8.84. The first-order chi connectivity index (χ1) is 15.2. The van der Waals surface area contributed by atoms with Gasteiger partial charge in [0.2, 0.25) is 0 Å². The minimum atomic E-state index is -2.94. The molecule has 0 atom stereocenters. The first-order valence-corrected chi connectivity index (χ1v) is 12.3. The zero-order chi connectivity index (χ0) is 21.3. The molecule has 4 aromatic carbocycles. The van der Waals surface area contributed by atoms with E-state index in [1.54, 1.807) is 0 Å². The Morgan fingerprint density at radius 3 is 1.87 bits per heavy atom. The van der Waals surface area contributed by atoms with E-state index in [4.69, 9.17) is 4.42 Å². The molecule has 0 unspecified atom stereocenters. The Hall–Kier alpha value is -3.35. The van der Waals surface area contributed by atoms with Crippen molar-refractivity contribution in [1.29, 1.82) is 0 Å². The van der Waals surface area contributed by atoms with Gasteiger partial charge in [0.1, 0.15) is 18.5 Å². The zero-order valence-corrected chi connectivity index (χ0v) is 18.3. The Bertz CT molecular complexity index is 1340. The number of hydrogen-bond acceptors (Lipinski definition) is 2. The molecule has 5 aromatic rings. The molecule has 0 aliphatic rings. The Kier molecular flexibility index (Phi) is 5.10. The molecule has 0 amide bonds. The van der Waals surface area contributed by atoms with Gasteiger partial charge in [-0.25, -0.2) is 0 Å². The van der Waals surface area contributed by atoms with Crippen LogP contribution in [0.5, 0.6) is 0 Å². The molecule has 0 aliphatic heterocycles. The van der Waals surface area contributed by atoms with E-state index in [9.17, 15) is 4.57 Å². The van der Waals surface area contributed by atoms with E-state index in [-0.39, 0.29) is 0 Å². The Labute approximate surface area is 182 Å². The summed E-state index contributed by atoms with van der Waals surface area (Å²) in [7, 11) is -2.94. The van der Waals surface area contributed by atoms with Crippen molar-refractivity contribution in [2.45, 2.75) is 13.1 Å². The maximum atomic E-state index is 14.8. The first-order valence-electron chi connectivity index (χ1n) is 10.4. The van der Waals surface area contributed by atoms with Crippen LogP contribution in [-0.2, 0) is 10.7 Å². The van der Waals surface area contributed by atoms with Crippen molar-refractivity contribution in [2.75, 3.05) is 0 Å². The lowest BCUT2D eigenvalue weighted by atomic mass is 10.0. The summed E-state index contributed by atoms with van der Waals surface area (Å²) in [6, 6.07) is 35.9. The summed E-state index contributed by atoms with van der Waals surface area (Å²) in [5.74, 6) is 0.811. The molecule has 0 saturated heterocycles. The molecule has 3 heteroatoms. The molecule has 5 rings (SSSR count). The highest BCUT2D eigenvalue weighted by molar-refractivity contribution is 7.78. The van der Waals surface area contributed by atoms with Crippen LogP contribution in [0.4, 0.5) is 0 Å². The SMILES string of the molecule is Cc1ccccc1-c1oc2ccccc2c1CP(=O)(c1ccccc1)c1ccccc1. The fraction of sp³-hybridized carbons (Fsp3) is 0.0714. The fourth-order valence-corrected chi connectivity index (χ4v) is 6.92. The molecule has 0 N–H and O–H groups in total. The van der Waals surface area contributed by atoms with Crippen LogP contribution in [-0.4, -0.2) is 0 Å². The van der Waals surface area contributed by atoms with Crippen molar-refractivity contribution in [2.24, 2.45) is 0 Å². The Morgan fingerprint density at radius 2 is 1.23 bits per heavy atom. The summed E-state index contributed by atoms with van der Waals surface area (Å²) in [4.78, 5) is 0. The average Bonchev–Trinajstić information content (AvgIpc) is 3.18. The fourth-order valence-electron chi connectivity index (χ4n) is 4.19. The average molecular weight is 422 g/mol. The molecule has 0 aliphatic carbocycles. The van der Waals surface area contributed by atoms with Gasteiger partial charge in [0.05, 0.1) is 0 Å². The molecular formula is C28H23O2P. The largest absolute Gasteiger partial charge is 0.456 e. The highest BCUT2D eigenvalue weighted by atomic mass is 31.2. The van der Waals surface area contributed by atoms with Crippen LogP contribution in [0, 0.1) is 6.92 Å². The van der Waals surface area contributed by atoms with Crippen molar-refractivity contribution in [3.63, 3.8) is 0 Å². The number of hydrogen-bond donors (Lipinski definition) is 0. The van der Waals surface area contributed by atoms with Crippen LogP contribution in [0.25, 0.3) is 22.3 Å². The van der Waals surface area contributed by atoms with Gasteiger partial charge in [-0.2, -0.15) is 0 Å². The van der Waals surface area contributed by atoms with Crippen LogP contribution in [0.15, 0.2) is 114 Å². The minimum absolute atomic E-state index is 0.404. The van der Waals surface area contributed by atoms with Crippen molar-refractivity contribution < 1.29 is 8.98 Å². The van der Waals surface area contributed by atoms with Gasteiger partial charge in [0, 0.05) is 33.3 Å². The van der Waals surface area contributed by atoms with E-state index in [0.29, 0.717) is 6.16 Å². The van der Waals surface area contributed by atoms with Gasteiger partial charge >= 0.3 is 0 Å². The van der Waals surface area contributed by atoms with Crippen LogP contribution >= 0.6 is 7.14 Å². The van der Waals surface area contributed by atoms with Gasteiger partial charge in [-0.1, -0.05) is 103 Å². The quantitative estimate of drug-likeness (QED) is 0.288. The standard InChI is InChI=1S/C28H23O2P/c1-21-12-8-9-17-24(21)28-26(25-18-10-11-19-27(25)30-28)20-31(29,22-13-4-2-5-14-22)23-15-6-3-7-16-23/h2-19H,20H2,1H3. The summed E-state index contributed by atoms with van der Waals surface area (Å²) in [5.41, 5.74) is 4.00. The molecule has 2 nitrogen and oxygen atoms in total. The van der Waals surface area contributed by atoms with Crippen LogP contribution in [0.3, 0.4) is 0 Å². The zero-order valence-electron chi connectivity index (χ0n) is 17.4. The summed E-state index contributed by atoms with van der Waals surface area (Å²) in [6.45, 7) is 2.08. The van der Waals surface area contributed by atoms with Crippen molar-refractivity contribution in [1.82, 2.24) is 0 Å². The highest BCUT2D eigenvalue weighted by Gasteiger charge is 2.31.